The van der Waals surface area contributed by atoms with Crippen molar-refractivity contribution in [1.29, 1.82) is 0 Å². The van der Waals surface area contributed by atoms with Crippen molar-refractivity contribution in [3.63, 3.8) is 0 Å². The van der Waals surface area contributed by atoms with Crippen molar-refractivity contribution in [1.82, 2.24) is 4.98 Å². The van der Waals surface area contributed by atoms with E-state index in [1.54, 1.807) is 0 Å². The van der Waals surface area contributed by atoms with Gasteiger partial charge < -0.3 is 38.2 Å². The second-order valence-corrected chi connectivity index (χ2v) is 7.17. The third-order valence-electron chi connectivity index (χ3n) is 4.80. The molecule has 1 aromatic heterocycles. The topological polar surface area (TPSA) is 25.0 Å². The highest BCUT2D eigenvalue weighted by Crippen LogP contribution is 2.27. The van der Waals surface area contributed by atoms with Crippen LogP contribution in [0, 0.1) is 0 Å². The molecule has 3 aromatic rings. The molecule has 1 atom stereocenters. The first kappa shape index (κ1) is 17.3. The Morgan fingerprint density at radius 3 is 2.46 bits per heavy atom. The molecular formula is C20H23IN2O. The predicted molar refractivity (Wildman–Crippen MR) is 94.6 cm³/mol. The molecule has 0 aliphatic carbocycles. The number of hydrogen-bond donors (Lipinski definition) is 1. The standard InChI is InChI=1S/C20H23N2O.HI/c1-22(2)12-10-19(14-22)23-18-6-3-15(4-7-18)16-5-8-20-17(13-16)9-11-21-20;/h3-9,11,13,19,21H,10,12,14H2,1-2H3;1H/q+1;/p-1/t19-;/m1./s1. The lowest BCUT2D eigenvalue weighted by molar-refractivity contribution is -0.879. The van der Waals surface area contributed by atoms with Crippen LogP contribution in [0.2, 0.25) is 0 Å². The van der Waals surface area contributed by atoms with Gasteiger partial charge in [0.05, 0.1) is 20.6 Å². The molecule has 0 saturated carbocycles. The van der Waals surface area contributed by atoms with Crippen molar-refractivity contribution in [2.75, 3.05) is 27.2 Å². The number of ether oxygens (including phenoxy) is 1. The number of aromatic nitrogens is 1. The molecule has 2 heterocycles. The highest BCUT2D eigenvalue weighted by molar-refractivity contribution is 5.85. The van der Waals surface area contributed by atoms with E-state index in [1.807, 2.05) is 6.20 Å². The smallest absolute Gasteiger partial charge is 0.153 e. The quantitative estimate of drug-likeness (QED) is 0.484. The van der Waals surface area contributed by atoms with Gasteiger partial charge in [0.2, 0.25) is 0 Å². The van der Waals surface area contributed by atoms with Gasteiger partial charge in [-0.05, 0) is 46.8 Å². The van der Waals surface area contributed by atoms with Crippen molar-refractivity contribution in [2.24, 2.45) is 0 Å². The van der Waals surface area contributed by atoms with E-state index in [1.165, 1.54) is 28.6 Å². The minimum absolute atomic E-state index is 0. The van der Waals surface area contributed by atoms with E-state index in [-0.39, 0.29) is 24.0 Å². The fourth-order valence-corrected chi connectivity index (χ4v) is 3.47. The van der Waals surface area contributed by atoms with Crippen LogP contribution in [-0.2, 0) is 0 Å². The number of nitrogens with zero attached hydrogens (tertiary/aromatic N) is 1. The van der Waals surface area contributed by atoms with E-state index < -0.39 is 0 Å². The van der Waals surface area contributed by atoms with E-state index in [2.05, 4.69) is 67.6 Å². The van der Waals surface area contributed by atoms with E-state index in [4.69, 9.17) is 4.74 Å². The first-order valence-electron chi connectivity index (χ1n) is 8.25. The van der Waals surface area contributed by atoms with Gasteiger partial charge in [-0.2, -0.15) is 0 Å². The third kappa shape index (κ3) is 3.59. The largest absolute Gasteiger partial charge is 1.00 e. The molecule has 0 unspecified atom stereocenters. The number of benzene rings is 2. The lowest BCUT2D eigenvalue weighted by atomic mass is 10.0. The van der Waals surface area contributed by atoms with Crippen molar-refractivity contribution in [3.8, 4) is 16.9 Å². The Balaban J connectivity index is 0.00000169. The minimum atomic E-state index is 0. The van der Waals surface area contributed by atoms with E-state index in [0.29, 0.717) is 6.10 Å². The van der Waals surface area contributed by atoms with Gasteiger partial charge in [0.15, 0.2) is 6.10 Å². The highest BCUT2D eigenvalue weighted by atomic mass is 127. The van der Waals surface area contributed by atoms with Crippen LogP contribution in [-0.4, -0.2) is 42.8 Å². The van der Waals surface area contributed by atoms with Gasteiger partial charge in [0.1, 0.15) is 12.3 Å². The summed E-state index contributed by atoms with van der Waals surface area (Å²) < 4.78 is 7.19. The lowest BCUT2D eigenvalue weighted by Crippen LogP contribution is -3.00. The summed E-state index contributed by atoms with van der Waals surface area (Å²) >= 11 is 0. The van der Waals surface area contributed by atoms with E-state index >= 15 is 0 Å². The van der Waals surface area contributed by atoms with Crippen molar-refractivity contribution < 1.29 is 33.2 Å². The number of likely N-dealkylation sites (N-methyl/N-ethyl adjacent to an activating group) is 1. The molecule has 0 amide bonds. The number of hydrogen-bond acceptors (Lipinski definition) is 1. The highest BCUT2D eigenvalue weighted by Gasteiger charge is 2.32. The van der Waals surface area contributed by atoms with Gasteiger partial charge in [-0.15, -0.1) is 0 Å². The monoisotopic (exact) mass is 434 g/mol. The zero-order chi connectivity index (χ0) is 15.9. The van der Waals surface area contributed by atoms with Gasteiger partial charge >= 0.3 is 0 Å². The average Bonchev–Trinajstić information content (AvgIpc) is 3.13. The Hall–Kier alpha value is -1.53. The maximum absolute atomic E-state index is 6.14. The average molecular weight is 434 g/mol. The molecule has 2 aromatic carbocycles. The van der Waals surface area contributed by atoms with Crippen LogP contribution in [0.15, 0.2) is 54.7 Å². The maximum atomic E-state index is 6.14. The first-order chi connectivity index (χ1) is 11.1. The summed E-state index contributed by atoms with van der Waals surface area (Å²) in [5.41, 5.74) is 3.64. The van der Waals surface area contributed by atoms with Crippen molar-refractivity contribution >= 4 is 10.9 Å². The van der Waals surface area contributed by atoms with E-state index in [0.717, 1.165) is 23.2 Å². The molecule has 4 heteroatoms. The summed E-state index contributed by atoms with van der Waals surface area (Å²) in [7, 11) is 4.53. The molecule has 1 saturated heterocycles. The zero-order valence-electron chi connectivity index (χ0n) is 14.1. The molecule has 0 spiro atoms. The number of quaternary nitrogens is 1. The molecule has 1 aliphatic heterocycles. The van der Waals surface area contributed by atoms with Crippen LogP contribution in [0.25, 0.3) is 22.0 Å². The van der Waals surface area contributed by atoms with Crippen molar-refractivity contribution in [2.45, 2.75) is 12.5 Å². The molecule has 3 nitrogen and oxygen atoms in total. The fraction of sp³-hybridized carbons (Fsp3) is 0.300. The fourth-order valence-electron chi connectivity index (χ4n) is 3.47. The predicted octanol–water partition coefficient (Wildman–Crippen LogP) is 1.07. The molecule has 1 fully saturated rings. The number of fused-ring (bicyclic) bond motifs is 1. The molecule has 0 bridgehead atoms. The van der Waals surface area contributed by atoms with Crippen LogP contribution in [0.4, 0.5) is 0 Å². The van der Waals surface area contributed by atoms with E-state index in [9.17, 15) is 0 Å². The Morgan fingerprint density at radius 2 is 1.75 bits per heavy atom. The Morgan fingerprint density at radius 1 is 1.00 bits per heavy atom. The first-order valence-corrected chi connectivity index (χ1v) is 8.25. The summed E-state index contributed by atoms with van der Waals surface area (Å²) in [6.07, 6.45) is 3.46. The Labute approximate surface area is 160 Å². The summed E-state index contributed by atoms with van der Waals surface area (Å²) in [6.45, 7) is 2.28. The normalized spacial score (nSPS) is 19.2. The van der Waals surface area contributed by atoms with Gasteiger partial charge in [-0.25, -0.2) is 0 Å². The van der Waals surface area contributed by atoms with Crippen LogP contribution in [0.1, 0.15) is 6.42 Å². The number of rotatable bonds is 3. The van der Waals surface area contributed by atoms with Crippen LogP contribution in [0.5, 0.6) is 5.75 Å². The Kier molecular flexibility index (Phi) is 4.88. The third-order valence-corrected chi connectivity index (χ3v) is 4.80. The summed E-state index contributed by atoms with van der Waals surface area (Å²) in [6, 6.07) is 17.1. The Bertz CT molecular complexity index is 823. The number of aromatic amines is 1. The van der Waals surface area contributed by atoms with Gasteiger partial charge in [-0.3, -0.25) is 0 Å². The van der Waals surface area contributed by atoms with Gasteiger partial charge in [0, 0.05) is 18.1 Å². The molecule has 24 heavy (non-hydrogen) atoms. The number of likely N-dealkylation sites (tertiary alicyclic amines) is 1. The molecule has 1 aliphatic rings. The summed E-state index contributed by atoms with van der Waals surface area (Å²) in [4.78, 5) is 3.23. The summed E-state index contributed by atoms with van der Waals surface area (Å²) in [5, 5.41) is 1.24. The van der Waals surface area contributed by atoms with Crippen LogP contribution < -0.4 is 28.7 Å². The second kappa shape index (κ2) is 6.76. The van der Waals surface area contributed by atoms with Crippen LogP contribution in [0.3, 0.4) is 0 Å². The van der Waals surface area contributed by atoms with Gasteiger partial charge in [-0.1, -0.05) is 18.2 Å². The van der Waals surface area contributed by atoms with Crippen LogP contribution >= 0.6 is 0 Å². The second-order valence-electron chi connectivity index (χ2n) is 7.17. The maximum Gasteiger partial charge on any atom is 0.153 e. The van der Waals surface area contributed by atoms with Crippen molar-refractivity contribution in [3.05, 3.63) is 54.7 Å². The SMILES string of the molecule is C[N+]1(C)CC[C@@H](Oc2ccc(-c3ccc4[nH]ccc4c3)cc2)C1.[I-]. The molecule has 126 valence electrons. The number of halogens is 1. The number of nitrogens with one attached hydrogen (secondary N) is 1. The zero-order valence-corrected chi connectivity index (χ0v) is 16.3. The molecular weight excluding hydrogens is 411 g/mol. The molecule has 4 rings (SSSR count). The summed E-state index contributed by atoms with van der Waals surface area (Å²) in [5.74, 6) is 0.975. The van der Waals surface area contributed by atoms with Gasteiger partial charge in [0.25, 0.3) is 0 Å². The molecule has 1 N–H and O–H groups in total. The molecule has 0 radical (unpaired) electrons. The minimum Gasteiger partial charge on any atom is -1.00 e. The number of H-pyrrole nitrogens is 1. The lowest BCUT2D eigenvalue weighted by Gasteiger charge is -2.23.